The normalized spacial score (nSPS) is 14.2. The predicted molar refractivity (Wildman–Crippen MR) is 270 cm³/mol. The molecule has 0 amide bonds. The zero-order valence-corrected chi connectivity index (χ0v) is 35.4. The van der Waals surface area contributed by atoms with Crippen molar-refractivity contribution in [2.24, 2.45) is 0 Å². The van der Waals surface area contributed by atoms with Gasteiger partial charge in [-0.1, -0.05) is 170 Å². The second-order valence-electron chi connectivity index (χ2n) is 16.9. The van der Waals surface area contributed by atoms with Crippen LogP contribution in [0, 0.1) is 0 Å². The third-order valence-electron chi connectivity index (χ3n) is 13.1. The standard InChI is InChI=1S/C61H45N3/c1-5-17-45(18-6-1)61(47-35-39-59-55(41-47)53-25-13-15-27-57(53)63(59)49-21-9-3-10-22-49)46-31-29-43(30-32-46)44-33-36-51(37-34-44)62(48-19-7-2-8-20-48)52-38-40-60-56(42-52)54-26-14-16-28-58(54)64(60)50-23-11-4-12-24-50/h1-23,25-42,50,61H,24H2. The number of anilines is 3. The van der Waals surface area contributed by atoms with Gasteiger partial charge in [-0.3, -0.25) is 0 Å². The van der Waals surface area contributed by atoms with E-state index in [1.807, 2.05) is 0 Å². The van der Waals surface area contributed by atoms with E-state index in [1.54, 1.807) is 0 Å². The highest BCUT2D eigenvalue weighted by Crippen LogP contribution is 2.42. The Morgan fingerprint density at radius 1 is 0.391 bits per heavy atom. The van der Waals surface area contributed by atoms with E-state index >= 15 is 0 Å². The van der Waals surface area contributed by atoms with E-state index in [4.69, 9.17) is 0 Å². The molecule has 0 radical (unpaired) electrons. The summed E-state index contributed by atoms with van der Waals surface area (Å²) in [6.45, 7) is 0. The van der Waals surface area contributed by atoms with Crippen LogP contribution in [0.1, 0.15) is 35.1 Å². The van der Waals surface area contributed by atoms with E-state index in [9.17, 15) is 0 Å². The molecule has 64 heavy (non-hydrogen) atoms. The van der Waals surface area contributed by atoms with Crippen LogP contribution >= 0.6 is 0 Å². The lowest BCUT2D eigenvalue weighted by atomic mass is 9.84. The number of aromatic nitrogens is 2. The summed E-state index contributed by atoms with van der Waals surface area (Å²) in [5.41, 5.74) is 15.7. The van der Waals surface area contributed by atoms with Crippen molar-refractivity contribution < 1.29 is 0 Å². The second kappa shape index (κ2) is 16.0. The molecule has 1 aliphatic rings. The fraction of sp³-hybridized carbons (Fsp3) is 0.0492. The molecule has 12 rings (SSSR count). The average molecular weight is 820 g/mol. The monoisotopic (exact) mass is 819 g/mol. The van der Waals surface area contributed by atoms with E-state index in [2.05, 4.69) is 263 Å². The molecule has 2 aromatic heterocycles. The van der Waals surface area contributed by atoms with E-state index in [0.717, 1.165) is 23.5 Å². The topological polar surface area (TPSA) is 13.1 Å². The molecule has 9 aromatic carbocycles. The van der Waals surface area contributed by atoms with Crippen molar-refractivity contribution in [3.05, 3.63) is 265 Å². The van der Waals surface area contributed by atoms with Crippen molar-refractivity contribution in [1.29, 1.82) is 0 Å². The number of hydrogen-bond donors (Lipinski definition) is 0. The van der Waals surface area contributed by atoms with Crippen molar-refractivity contribution in [1.82, 2.24) is 9.13 Å². The van der Waals surface area contributed by atoms with Gasteiger partial charge in [-0.25, -0.2) is 0 Å². The molecule has 304 valence electrons. The quantitative estimate of drug-likeness (QED) is 0.132. The van der Waals surface area contributed by atoms with E-state index in [-0.39, 0.29) is 12.0 Å². The van der Waals surface area contributed by atoms with Crippen LogP contribution in [0.2, 0.25) is 0 Å². The summed E-state index contributed by atoms with van der Waals surface area (Å²) in [4.78, 5) is 2.38. The fourth-order valence-electron chi connectivity index (χ4n) is 10.2. The van der Waals surface area contributed by atoms with Crippen LogP contribution < -0.4 is 4.90 Å². The van der Waals surface area contributed by atoms with Crippen LogP contribution in [-0.4, -0.2) is 9.13 Å². The summed E-state index contributed by atoms with van der Waals surface area (Å²) in [7, 11) is 0. The van der Waals surface area contributed by atoms with Gasteiger partial charge >= 0.3 is 0 Å². The summed E-state index contributed by atoms with van der Waals surface area (Å²) in [5, 5.41) is 5.07. The molecule has 0 saturated heterocycles. The molecule has 0 saturated carbocycles. The Labute approximate surface area is 373 Å². The molecule has 11 aromatic rings. The Morgan fingerprint density at radius 2 is 0.906 bits per heavy atom. The van der Waals surface area contributed by atoms with Crippen LogP contribution in [-0.2, 0) is 0 Å². The first-order valence-corrected chi connectivity index (χ1v) is 22.3. The van der Waals surface area contributed by atoms with Gasteiger partial charge in [0.05, 0.1) is 17.1 Å². The zero-order chi connectivity index (χ0) is 42.4. The molecule has 3 heteroatoms. The molecule has 1 aliphatic carbocycles. The Morgan fingerprint density at radius 3 is 1.62 bits per heavy atom. The van der Waals surface area contributed by atoms with Crippen molar-refractivity contribution >= 4 is 60.7 Å². The van der Waals surface area contributed by atoms with E-state index in [1.165, 1.54) is 77.1 Å². The van der Waals surface area contributed by atoms with Crippen LogP contribution in [0.15, 0.2) is 249 Å². The number of para-hydroxylation sites is 4. The maximum absolute atomic E-state index is 2.51. The molecular formula is C61H45N3. The summed E-state index contributed by atoms with van der Waals surface area (Å²) < 4.78 is 4.89. The lowest BCUT2D eigenvalue weighted by Crippen LogP contribution is -2.10. The molecular weight excluding hydrogens is 775 g/mol. The lowest BCUT2D eigenvalue weighted by molar-refractivity contribution is 0.648. The molecule has 0 fully saturated rings. The maximum Gasteiger partial charge on any atom is 0.0560 e. The maximum atomic E-state index is 2.51. The Hall–Kier alpha value is -8.14. The largest absolute Gasteiger partial charge is 0.333 e. The number of fused-ring (bicyclic) bond motifs is 6. The van der Waals surface area contributed by atoms with Gasteiger partial charge in [-0.15, -0.1) is 0 Å². The van der Waals surface area contributed by atoms with Gasteiger partial charge in [0.25, 0.3) is 0 Å². The molecule has 2 heterocycles. The summed E-state index contributed by atoms with van der Waals surface area (Å²) in [6.07, 6.45) is 9.90. The van der Waals surface area contributed by atoms with Crippen LogP contribution in [0.3, 0.4) is 0 Å². The number of benzene rings is 9. The van der Waals surface area contributed by atoms with Crippen molar-refractivity contribution in [2.45, 2.75) is 18.4 Å². The Balaban J connectivity index is 0.897. The van der Waals surface area contributed by atoms with Gasteiger partial charge in [0.1, 0.15) is 0 Å². The second-order valence-corrected chi connectivity index (χ2v) is 16.9. The minimum atomic E-state index is 0.0719. The predicted octanol–water partition coefficient (Wildman–Crippen LogP) is 16.3. The van der Waals surface area contributed by atoms with Crippen LogP contribution in [0.25, 0.3) is 60.4 Å². The first kappa shape index (κ1) is 37.6. The van der Waals surface area contributed by atoms with Gasteiger partial charge in [0, 0.05) is 61.2 Å². The first-order valence-electron chi connectivity index (χ1n) is 22.3. The minimum Gasteiger partial charge on any atom is -0.333 e. The summed E-state index contributed by atoms with van der Waals surface area (Å²) >= 11 is 0. The number of rotatable bonds is 9. The molecule has 2 atom stereocenters. The minimum absolute atomic E-state index is 0.0719. The van der Waals surface area contributed by atoms with E-state index < -0.39 is 0 Å². The molecule has 3 nitrogen and oxygen atoms in total. The third-order valence-corrected chi connectivity index (χ3v) is 13.1. The van der Waals surface area contributed by atoms with Gasteiger partial charge < -0.3 is 14.0 Å². The average Bonchev–Trinajstić information content (AvgIpc) is 3.88. The van der Waals surface area contributed by atoms with Gasteiger partial charge in [0.15, 0.2) is 0 Å². The van der Waals surface area contributed by atoms with Crippen molar-refractivity contribution in [3.8, 4) is 16.8 Å². The molecule has 0 spiro atoms. The van der Waals surface area contributed by atoms with Gasteiger partial charge in [-0.2, -0.15) is 0 Å². The van der Waals surface area contributed by atoms with Crippen molar-refractivity contribution in [3.63, 3.8) is 0 Å². The molecule has 2 unspecified atom stereocenters. The highest BCUT2D eigenvalue weighted by atomic mass is 15.1. The van der Waals surface area contributed by atoms with E-state index in [0.29, 0.717) is 0 Å². The first-order chi connectivity index (χ1) is 31.8. The highest BCUT2D eigenvalue weighted by molar-refractivity contribution is 6.10. The van der Waals surface area contributed by atoms with Crippen LogP contribution in [0.4, 0.5) is 17.1 Å². The van der Waals surface area contributed by atoms with Crippen LogP contribution in [0.5, 0.6) is 0 Å². The fourth-order valence-corrected chi connectivity index (χ4v) is 10.2. The molecule has 0 bridgehead atoms. The van der Waals surface area contributed by atoms with Crippen molar-refractivity contribution in [2.75, 3.05) is 4.90 Å². The molecule has 0 aliphatic heterocycles. The van der Waals surface area contributed by atoms with Gasteiger partial charge in [-0.05, 0) is 113 Å². The highest BCUT2D eigenvalue weighted by Gasteiger charge is 2.22. The zero-order valence-electron chi connectivity index (χ0n) is 35.4. The lowest BCUT2D eigenvalue weighted by Gasteiger charge is -2.26. The van der Waals surface area contributed by atoms with Gasteiger partial charge in [0.2, 0.25) is 0 Å². The Kier molecular flexibility index (Phi) is 9.38. The smallest absolute Gasteiger partial charge is 0.0560 e. The Bertz CT molecular complexity index is 3500. The molecule has 0 N–H and O–H groups in total. The number of hydrogen-bond acceptors (Lipinski definition) is 1. The number of nitrogens with zero attached hydrogens (tertiary/aromatic N) is 3. The summed E-state index contributed by atoms with van der Waals surface area (Å²) in [5.74, 6) is 0.0719. The third kappa shape index (κ3) is 6.53. The SMILES string of the molecule is C1=CCC(n2c3ccccc3c3cc(N(c4ccccc4)c4ccc(-c5ccc(C(c6ccccc6)c6ccc7c(c6)c6ccccc6n7-c6ccccc6)cc5)cc4)ccc32)C=C1. The number of allylic oxidation sites excluding steroid dienone is 4. The summed E-state index contributed by atoms with van der Waals surface area (Å²) in [6, 6.07) is 82.5.